The van der Waals surface area contributed by atoms with Crippen molar-refractivity contribution in [3.63, 3.8) is 0 Å². The number of guanidine groups is 1. The molecule has 2 rings (SSSR count). The molecule has 20 heavy (non-hydrogen) atoms. The molecule has 0 aromatic heterocycles. The van der Waals surface area contributed by atoms with Crippen LogP contribution in [-0.2, 0) is 0 Å². The fraction of sp³-hybridized carbons (Fsp3) is 0.500. The van der Waals surface area contributed by atoms with Gasteiger partial charge in [0, 0.05) is 19.2 Å². The molecule has 1 saturated carbocycles. The van der Waals surface area contributed by atoms with Crippen molar-refractivity contribution in [3.05, 3.63) is 30.1 Å². The van der Waals surface area contributed by atoms with Gasteiger partial charge in [0.25, 0.3) is 0 Å². The fourth-order valence-electron chi connectivity index (χ4n) is 1.79. The van der Waals surface area contributed by atoms with Crippen LogP contribution in [-0.4, -0.2) is 32.2 Å². The van der Waals surface area contributed by atoms with Gasteiger partial charge in [-0.2, -0.15) is 0 Å². The van der Waals surface area contributed by atoms with Crippen molar-refractivity contribution in [2.75, 3.05) is 20.2 Å². The predicted octanol–water partition coefficient (Wildman–Crippen LogP) is 2.40. The summed E-state index contributed by atoms with van der Waals surface area (Å²) in [5.41, 5.74) is 0. The lowest BCUT2D eigenvalue weighted by molar-refractivity contribution is 0.320. The van der Waals surface area contributed by atoms with Crippen LogP contribution in [0.4, 0.5) is 4.39 Å². The Kier molecular flexibility index (Phi) is 7.04. The van der Waals surface area contributed by atoms with Crippen LogP contribution in [0.5, 0.6) is 5.75 Å². The summed E-state index contributed by atoms with van der Waals surface area (Å²) in [6.45, 7) is 3.29. The Hall–Kier alpha value is -1.05. The molecule has 4 nitrogen and oxygen atoms in total. The molecule has 2 atom stereocenters. The quantitative estimate of drug-likeness (QED) is 0.350. The highest BCUT2D eigenvalue weighted by atomic mass is 127. The zero-order valence-electron chi connectivity index (χ0n) is 11.7. The highest BCUT2D eigenvalue weighted by Crippen LogP contribution is 2.28. The van der Waals surface area contributed by atoms with Gasteiger partial charge in [-0.05, 0) is 24.5 Å². The van der Waals surface area contributed by atoms with Crippen molar-refractivity contribution in [1.29, 1.82) is 0 Å². The van der Waals surface area contributed by atoms with Crippen LogP contribution in [0.2, 0.25) is 0 Å². The van der Waals surface area contributed by atoms with Crippen LogP contribution < -0.4 is 15.4 Å². The lowest BCUT2D eigenvalue weighted by Crippen LogP contribution is -2.40. The van der Waals surface area contributed by atoms with Crippen LogP contribution >= 0.6 is 24.0 Å². The lowest BCUT2D eigenvalue weighted by atomic mass is 10.3. The first-order valence-corrected chi connectivity index (χ1v) is 6.54. The second-order valence-corrected chi connectivity index (χ2v) is 4.77. The van der Waals surface area contributed by atoms with Crippen LogP contribution in [0.1, 0.15) is 13.3 Å². The predicted molar refractivity (Wildman–Crippen MR) is 89.4 cm³/mol. The third-order valence-electron chi connectivity index (χ3n) is 3.11. The van der Waals surface area contributed by atoms with E-state index >= 15 is 0 Å². The zero-order chi connectivity index (χ0) is 13.7. The maximum Gasteiger partial charge on any atom is 0.191 e. The average Bonchev–Trinajstić information content (AvgIpc) is 3.09. The molecule has 6 heteroatoms. The van der Waals surface area contributed by atoms with E-state index in [1.54, 1.807) is 19.2 Å². The summed E-state index contributed by atoms with van der Waals surface area (Å²) in [4.78, 5) is 4.14. The molecule has 2 unspecified atom stereocenters. The Labute approximate surface area is 136 Å². The van der Waals surface area contributed by atoms with E-state index in [1.165, 1.54) is 18.6 Å². The molecule has 0 saturated heterocycles. The van der Waals surface area contributed by atoms with Crippen LogP contribution in [0.3, 0.4) is 0 Å². The summed E-state index contributed by atoms with van der Waals surface area (Å²) in [5.74, 6) is 1.77. The monoisotopic (exact) mass is 393 g/mol. The maximum absolute atomic E-state index is 12.9. The molecule has 0 heterocycles. The Bertz CT molecular complexity index is 456. The lowest BCUT2D eigenvalue weighted by Gasteiger charge is -2.12. The van der Waals surface area contributed by atoms with Crippen molar-refractivity contribution in [2.24, 2.45) is 10.9 Å². The largest absolute Gasteiger partial charge is 0.492 e. The van der Waals surface area contributed by atoms with E-state index in [0.29, 0.717) is 24.9 Å². The van der Waals surface area contributed by atoms with E-state index in [9.17, 15) is 4.39 Å². The van der Waals surface area contributed by atoms with Crippen molar-refractivity contribution in [3.8, 4) is 5.75 Å². The molecule has 1 aliphatic carbocycles. The SMILES string of the molecule is CN=C(NCCOc1cccc(F)c1)NC1CC1C.I. The Balaban J connectivity index is 0.00000200. The highest BCUT2D eigenvalue weighted by Gasteiger charge is 2.33. The van der Waals surface area contributed by atoms with Crippen molar-refractivity contribution in [1.82, 2.24) is 10.6 Å². The molecule has 0 aliphatic heterocycles. The Morgan fingerprint density at radius 1 is 1.50 bits per heavy atom. The molecule has 0 amide bonds. The minimum Gasteiger partial charge on any atom is -0.492 e. The molecule has 0 radical (unpaired) electrons. The molecule has 1 aromatic carbocycles. The Morgan fingerprint density at radius 2 is 2.25 bits per heavy atom. The summed E-state index contributed by atoms with van der Waals surface area (Å²) in [7, 11) is 1.75. The van der Waals surface area contributed by atoms with Gasteiger partial charge in [0.1, 0.15) is 18.2 Å². The molecular weight excluding hydrogens is 372 g/mol. The van der Waals surface area contributed by atoms with Crippen LogP contribution in [0.25, 0.3) is 0 Å². The van der Waals surface area contributed by atoms with Gasteiger partial charge in [0.15, 0.2) is 5.96 Å². The van der Waals surface area contributed by atoms with Gasteiger partial charge < -0.3 is 15.4 Å². The fourth-order valence-corrected chi connectivity index (χ4v) is 1.79. The normalized spacial score (nSPS) is 20.9. The number of hydrogen-bond donors (Lipinski definition) is 2. The van der Waals surface area contributed by atoms with Gasteiger partial charge in [0.05, 0.1) is 6.54 Å². The second kappa shape index (κ2) is 8.28. The molecule has 1 aromatic rings. The number of hydrogen-bond acceptors (Lipinski definition) is 2. The maximum atomic E-state index is 12.9. The minimum atomic E-state index is -0.286. The molecule has 1 fully saturated rings. The number of aliphatic imine (C=N–C) groups is 1. The summed E-state index contributed by atoms with van der Waals surface area (Å²) in [6.07, 6.45) is 1.19. The molecular formula is C14H21FIN3O. The van der Waals surface area contributed by atoms with E-state index in [0.717, 1.165) is 11.9 Å². The van der Waals surface area contributed by atoms with Crippen LogP contribution in [0.15, 0.2) is 29.3 Å². The summed E-state index contributed by atoms with van der Waals surface area (Å²) in [5, 5.41) is 6.49. The highest BCUT2D eigenvalue weighted by molar-refractivity contribution is 14.0. The van der Waals surface area contributed by atoms with Gasteiger partial charge in [0.2, 0.25) is 0 Å². The average molecular weight is 393 g/mol. The number of ether oxygens (including phenoxy) is 1. The number of halogens is 2. The third kappa shape index (κ3) is 5.52. The van der Waals surface area contributed by atoms with Gasteiger partial charge in [-0.25, -0.2) is 4.39 Å². The topological polar surface area (TPSA) is 45.7 Å². The second-order valence-electron chi connectivity index (χ2n) is 4.77. The molecule has 1 aliphatic rings. The zero-order valence-corrected chi connectivity index (χ0v) is 14.1. The van der Waals surface area contributed by atoms with Crippen molar-refractivity contribution in [2.45, 2.75) is 19.4 Å². The summed E-state index contributed by atoms with van der Waals surface area (Å²) >= 11 is 0. The van der Waals surface area contributed by atoms with Gasteiger partial charge in [-0.1, -0.05) is 13.0 Å². The first-order chi connectivity index (χ1) is 9.19. The van der Waals surface area contributed by atoms with Gasteiger partial charge in [-0.3, -0.25) is 4.99 Å². The summed E-state index contributed by atoms with van der Waals surface area (Å²) < 4.78 is 18.4. The standard InChI is InChI=1S/C14H20FN3O.HI/c1-10-8-13(10)18-14(16-2)17-6-7-19-12-5-3-4-11(15)9-12;/h3-5,9-10,13H,6-8H2,1-2H3,(H2,16,17,18);1H. The van der Waals surface area contributed by atoms with E-state index in [4.69, 9.17) is 4.74 Å². The van der Waals surface area contributed by atoms with E-state index in [2.05, 4.69) is 22.5 Å². The number of benzene rings is 1. The van der Waals surface area contributed by atoms with E-state index < -0.39 is 0 Å². The number of nitrogens with zero attached hydrogens (tertiary/aromatic N) is 1. The van der Waals surface area contributed by atoms with E-state index in [-0.39, 0.29) is 29.8 Å². The third-order valence-corrected chi connectivity index (χ3v) is 3.11. The van der Waals surface area contributed by atoms with Gasteiger partial charge in [-0.15, -0.1) is 24.0 Å². The molecule has 112 valence electrons. The number of nitrogens with one attached hydrogen (secondary N) is 2. The molecule has 0 bridgehead atoms. The smallest absolute Gasteiger partial charge is 0.191 e. The number of rotatable bonds is 5. The van der Waals surface area contributed by atoms with E-state index in [1.807, 2.05) is 0 Å². The molecule has 0 spiro atoms. The Morgan fingerprint density at radius 3 is 2.85 bits per heavy atom. The summed E-state index contributed by atoms with van der Waals surface area (Å²) in [6, 6.07) is 6.68. The molecule has 2 N–H and O–H groups in total. The van der Waals surface area contributed by atoms with Gasteiger partial charge >= 0.3 is 0 Å². The first-order valence-electron chi connectivity index (χ1n) is 6.54. The van der Waals surface area contributed by atoms with Crippen molar-refractivity contribution < 1.29 is 9.13 Å². The minimum absolute atomic E-state index is 0. The van der Waals surface area contributed by atoms with Crippen LogP contribution in [0, 0.1) is 11.7 Å². The van der Waals surface area contributed by atoms with Crippen molar-refractivity contribution >= 4 is 29.9 Å². The first kappa shape index (κ1) is 17.0.